The number of ether oxygens (including phenoxy) is 1. The lowest BCUT2D eigenvalue weighted by Crippen LogP contribution is -2.49. The zero-order valence-electron chi connectivity index (χ0n) is 15.1. The molecule has 146 valence electrons. The number of carbonyl (C=O) groups is 2. The first-order chi connectivity index (χ1) is 12.8. The van der Waals surface area contributed by atoms with Crippen molar-refractivity contribution < 1.29 is 27.5 Å². The largest absolute Gasteiger partial charge is 0.467 e. The van der Waals surface area contributed by atoms with Gasteiger partial charge in [-0.1, -0.05) is 43.2 Å². The van der Waals surface area contributed by atoms with Crippen LogP contribution in [-0.4, -0.2) is 31.1 Å². The highest BCUT2D eigenvalue weighted by atomic mass is 19.4. The predicted molar refractivity (Wildman–Crippen MR) is 92.7 cm³/mol. The van der Waals surface area contributed by atoms with Gasteiger partial charge in [0.2, 0.25) is 0 Å². The van der Waals surface area contributed by atoms with Gasteiger partial charge < -0.3 is 10.1 Å². The third-order valence-electron chi connectivity index (χ3n) is 5.51. The Labute approximate surface area is 155 Å². The van der Waals surface area contributed by atoms with Crippen LogP contribution in [-0.2, 0) is 20.7 Å². The van der Waals surface area contributed by atoms with Crippen molar-refractivity contribution in [3.8, 4) is 0 Å². The average Bonchev–Trinajstić information content (AvgIpc) is 3.11. The van der Waals surface area contributed by atoms with Crippen molar-refractivity contribution in [2.75, 3.05) is 7.11 Å². The van der Waals surface area contributed by atoms with Crippen molar-refractivity contribution >= 4 is 11.8 Å². The molecule has 7 heteroatoms. The lowest BCUT2D eigenvalue weighted by atomic mass is 9.63. The molecule has 3 rings (SSSR count). The number of nitrogens with one attached hydrogen (secondary N) is 1. The molecule has 1 fully saturated rings. The molecule has 0 bridgehead atoms. The predicted octanol–water partition coefficient (Wildman–Crippen LogP) is 3.71. The fraction of sp³-hybridized carbons (Fsp3) is 0.500. The summed E-state index contributed by atoms with van der Waals surface area (Å²) in [5.41, 5.74) is 0.196. The minimum absolute atomic E-state index is 0.186. The first-order valence-electron chi connectivity index (χ1n) is 9.00. The molecule has 1 saturated carbocycles. The van der Waals surface area contributed by atoms with Crippen LogP contribution in [0.1, 0.15) is 37.7 Å². The number of ketones is 1. The van der Waals surface area contributed by atoms with Crippen LogP contribution in [0, 0.1) is 5.41 Å². The number of Topliss-reactive ketones (excluding diaryl/α,β-unsaturated/α-hetero) is 1. The second kappa shape index (κ2) is 7.37. The molecule has 1 spiro atoms. The van der Waals surface area contributed by atoms with E-state index in [1.165, 1.54) is 7.11 Å². The minimum atomic E-state index is -4.92. The molecule has 27 heavy (non-hydrogen) atoms. The molecule has 0 radical (unpaired) electrons. The van der Waals surface area contributed by atoms with Gasteiger partial charge in [-0.3, -0.25) is 4.79 Å². The zero-order valence-corrected chi connectivity index (χ0v) is 15.1. The quantitative estimate of drug-likeness (QED) is 0.764. The maximum Gasteiger partial charge on any atom is 0.454 e. The van der Waals surface area contributed by atoms with Gasteiger partial charge in [0, 0.05) is 23.1 Å². The Bertz CT molecular complexity index is 749. The number of allylic oxidation sites excluding steroid dienone is 2. The average molecular weight is 381 g/mol. The number of rotatable bonds is 6. The minimum Gasteiger partial charge on any atom is -0.467 e. The topological polar surface area (TPSA) is 55.4 Å². The Kier molecular flexibility index (Phi) is 5.31. The van der Waals surface area contributed by atoms with E-state index in [0.29, 0.717) is 19.3 Å². The van der Waals surface area contributed by atoms with Crippen LogP contribution in [0.5, 0.6) is 0 Å². The van der Waals surface area contributed by atoms with E-state index in [0.717, 1.165) is 18.4 Å². The highest BCUT2D eigenvalue weighted by Gasteiger charge is 2.56. The first kappa shape index (κ1) is 19.5. The number of carbonyl (C=O) groups excluding carboxylic acids is 2. The SMILES string of the molecule is COC(=O)C(Cc1ccccc1)NC1=C(C(=O)C(F)(F)F)C2(CCCC2)C1. The number of halogens is 3. The van der Waals surface area contributed by atoms with Crippen molar-refractivity contribution in [2.24, 2.45) is 5.41 Å². The van der Waals surface area contributed by atoms with Gasteiger partial charge in [-0.05, 0) is 24.8 Å². The maximum atomic E-state index is 13.1. The Hall–Kier alpha value is -2.31. The van der Waals surface area contributed by atoms with Gasteiger partial charge in [0.05, 0.1) is 7.11 Å². The summed E-state index contributed by atoms with van der Waals surface area (Å²) in [6.07, 6.45) is -1.51. The van der Waals surface area contributed by atoms with Crippen LogP contribution in [0.2, 0.25) is 0 Å². The number of alkyl halides is 3. The van der Waals surface area contributed by atoms with Crippen molar-refractivity contribution in [3.05, 3.63) is 47.2 Å². The van der Waals surface area contributed by atoms with Gasteiger partial charge in [0.25, 0.3) is 5.78 Å². The highest BCUT2D eigenvalue weighted by Crippen LogP contribution is 2.57. The van der Waals surface area contributed by atoms with Crippen LogP contribution in [0.15, 0.2) is 41.6 Å². The second-order valence-corrected chi connectivity index (χ2v) is 7.25. The summed E-state index contributed by atoms with van der Waals surface area (Å²) in [5.74, 6) is -2.36. The van der Waals surface area contributed by atoms with Crippen molar-refractivity contribution in [1.82, 2.24) is 5.32 Å². The van der Waals surface area contributed by atoms with E-state index in [-0.39, 0.29) is 17.7 Å². The van der Waals surface area contributed by atoms with Crippen molar-refractivity contribution in [3.63, 3.8) is 0 Å². The van der Waals surface area contributed by atoms with Crippen LogP contribution >= 0.6 is 0 Å². The summed E-state index contributed by atoms with van der Waals surface area (Å²) in [6.45, 7) is 0. The molecule has 1 unspecified atom stereocenters. The lowest BCUT2D eigenvalue weighted by Gasteiger charge is -2.44. The molecule has 0 heterocycles. The number of esters is 1. The Morgan fingerprint density at radius 1 is 1.19 bits per heavy atom. The lowest BCUT2D eigenvalue weighted by molar-refractivity contribution is -0.168. The van der Waals surface area contributed by atoms with E-state index >= 15 is 0 Å². The van der Waals surface area contributed by atoms with Crippen LogP contribution in [0.3, 0.4) is 0 Å². The van der Waals surface area contributed by atoms with Gasteiger partial charge in [-0.2, -0.15) is 13.2 Å². The third-order valence-corrected chi connectivity index (χ3v) is 5.51. The molecule has 0 aromatic heterocycles. The van der Waals surface area contributed by atoms with Crippen molar-refractivity contribution in [1.29, 1.82) is 0 Å². The fourth-order valence-electron chi connectivity index (χ4n) is 4.25. The molecule has 1 atom stereocenters. The van der Waals surface area contributed by atoms with Crippen LogP contribution < -0.4 is 5.32 Å². The Morgan fingerprint density at radius 2 is 1.81 bits per heavy atom. The summed E-state index contributed by atoms with van der Waals surface area (Å²) in [7, 11) is 1.23. The smallest absolute Gasteiger partial charge is 0.454 e. The monoisotopic (exact) mass is 381 g/mol. The van der Waals surface area contributed by atoms with Gasteiger partial charge in [0.15, 0.2) is 0 Å². The standard InChI is InChI=1S/C20H22F3NO3/c1-27-18(26)14(11-13-7-3-2-4-8-13)24-15-12-19(9-5-6-10-19)16(15)17(25)20(21,22)23/h2-4,7-8,14,24H,5-6,9-12H2,1H3. The summed E-state index contributed by atoms with van der Waals surface area (Å²) in [4.78, 5) is 24.2. The first-order valence-corrected chi connectivity index (χ1v) is 9.00. The van der Waals surface area contributed by atoms with E-state index in [1.807, 2.05) is 30.3 Å². The molecule has 2 aliphatic rings. The summed E-state index contributed by atoms with van der Waals surface area (Å²) >= 11 is 0. The highest BCUT2D eigenvalue weighted by molar-refractivity contribution is 6.03. The molecule has 0 saturated heterocycles. The van der Waals surface area contributed by atoms with E-state index in [4.69, 9.17) is 4.74 Å². The van der Waals surface area contributed by atoms with Gasteiger partial charge in [0.1, 0.15) is 6.04 Å². The third kappa shape index (κ3) is 3.87. The molecule has 2 aliphatic carbocycles. The molecular weight excluding hydrogens is 359 g/mol. The molecule has 1 aromatic carbocycles. The van der Waals surface area contributed by atoms with Gasteiger partial charge in [-0.15, -0.1) is 0 Å². The van der Waals surface area contributed by atoms with Gasteiger partial charge >= 0.3 is 12.1 Å². The number of hydrogen-bond acceptors (Lipinski definition) is 4. The molecular formula is C20H22F3NO3. The van der Waals surface area contributed by atoms with E-state index in [2.05, 4.69) is 5.32 Å². The normalized spacial score (nSPS) is 19.6. The van der Waals surface area contributed by atoms with E-state index in [1.54, 1.807) is 0 Å². The zero-order chi connectivity index (χ0) is 19.7. The summed E-state index contributed by atoms with van der Waals surface area (Å²) in [6, 6.07) is 8.28. The van der Waals surface area contributed by atoms with Crippen molar-refractivity contribution in [2.45, 2.75) is 50.7 Å². The molecule has 1 aromatic rings. The van der Waals surface area contributed by atoms with Crippen LogP contribution in [0.25, 0.3) is 0 Å². The van der Waals surface area contributed by atoms with E-state index in [9.17, 15) is 22.8 Å². The van der Waals surface area contributed by atoms with Crippen LogP contribution in [0.4, 0.5) is 13.2 Å². The molecule has 4 nitrogen and oxygen atoms in total. The summed E-state index contributed by atoms with van der Waals surface area (Å²) < 4.78 is 44.2. The molecule has 1 N–H and O–H groups in total. The second-order valence-electron chi connectivity index (χ2n) is 7.25. The van der Waals surface area contributed by atoms with Gasteiger partial charge in [-0.25, -0.2) is 4.79 Å². The molecule has 0 aliphatic heterocycles. The summed E-state index contributed by atoms with van der Waals surface area (Å²) in [5, 5.41) is 2.89. The molecule has 0 amide bonds. The maximum absolute atomic E-state index is 13.1. The Morgan fingerprint density at radius 3 is 2.37 bits per heavy atom. The number of hydrogen-bond donors (Lipinski definition) is 1. The Balaban J connectivity index is 1.88. The fourth-order valence-corrected chi connectivity index (χ4v) is 4.25. The number of methoxy groups -OCH3 is 1. The van der Waals surface area contributed by atoms with E-state index < -0.39 is 29.4 Å². The number of benzene rings is 1.